The molecule has 0 aliphatic heterocycles. The lowest BCUT2D eigenvalue weighted by Crippen LogP contribution is -1.98. The van der Waals surface area contributed by atoms with Crippen molar-refractivity contribution in [2.45, 2.75) is 6.92 Å². The minimum atomic E-state index is -0.352. The number of nitrogens with zero attached hydrogens (tertiary/aromatic N) is 2. The van der Waals surface area contributed by atoms with E-state index in [2.05, 4.69) is 6.07 Å². The molecule has 0 fully saturated rings. The number of hydrogen-bond acceptors (Lipinski definition) is 2. The Morgan fingerprint density at radius 1 is 1.11 bits per heavy atom. The lowest BCUT2D eigenvalue weighted by Gasteiger charge is -2.06. The van der Waals surface area contributed by atoms with Gasteiger partial charge in [0.2, 0.25) is 0 Å². The summed E-state index contributed by atoms with van der Waals surface area (Å²) in [4.78, 5) is 10.7. The average Bonchev–Trinajstić information content (AvgIpc) is 2.81. The van der Waals surface area contributed by atoms with Gasteiger partial charge in [-0.3, -0.25) is 10.1 Å². The van der Waals surface area contributed by atoms with E-state index in [9.17, 15) is 10.1 Å². The molecule has 0 atom stereocenters. The van der Waals surface area contributed by atoms with Crippen LogP contribution in [0.5, 0.6) is 0 Å². The van der Waals surface area contributed by atoms with Crippen LogP contribution in [-0.4, -0.2) is 9.49 Å². The first-order chi connectivity index (χ1) is 9.16. The molecular weight excluding hydrogens is 240 g/mol. The van der Waals surface area contributed by atoms with E-state index < -0.39 is 0 Å². The van der Waals surface area contributed by atoms with E-state index in [-0.39, 0.29) is 10.6 Å². The second-order valence-electron chi connectivity index (χ2n) is 4.49. The molecular formula is C15H12N2O2. The zero-order valence-electron chi connectivity index (χ0n) is 10.4. The number of nitro groups is 1. The van der Waals surface area contributed by atoms with Crippen molar-refractivity contribution in [2.24, 2.45) is 0 Å². The zero-order valence-corrected chi connectivity index (χ0v) is 10.4. The van der Waals surface area contributed by atoms with Crippen LogP contribution in [0.25, 0.3) is 16.6 Å². The van der Waals surface area contributed by atoms with Crippen LogP contribution < -0.4 is 0 Å². The van der Waals surface area contributed by atoms with Crippen molar-refractivity contribution in [3.05, 3.63) is 70.4 Å². The predicted molar refractivity (Wildman–Crippen MR) is 74.7 cm³/mol. The molecule has 0 radical (unpaired) electrons. The van der Waals surface area contributed by atoms with Crippen LogP contribution in [0.15, 0.2) is 54.7 Å². The van der Waals surface area contributed by atoms with Gasteiger partial charge in [0.25, 0.3) is 5.69 Å². The maximum atomic E-state index is 11.1. The van der Waals surface area contributed by atoms with Gasteiger partial charge in [-0.1, -0.05) is 23.8 Å². The van der Waals surface area contributed by atoms with Crippen LogP contribution in [0, 0.1) is 17.0 Å². The topological polar surface area (TPSA) is 48.1 Å². The van der Waals surface area contributed by atoms with Crippen LogP contribution in [0.1, 0.15) is 5.56 Å². The molecule has 0 spiro atoms. The standard InChI is InChI=1S/C15H12N2O2/c1-11-6-7-13-12(10-11)8-9-16(13)14-4-2-3-5-15(14)17(18)19/h2-10H,1H3. The molecule has 4 heteroatoms. The van der Waals surface area contributed by atoms with Gasteiger partial charge in [-0.2, -0.15) is 0 Å². The molecule has 0 aliphatic carbocycles. The van der Waals surface area contributed by atoms with Gasteiger partial charge < -0.3 is 4.57 Å². The Hall–Kier alpha value is -2.62. The SMILES string of the molecule is Cc1ccc2c(ccn2-c2ccccc2[N+](=O)[O-])c1. The van der Waals surface area contributed by atoms with Crippen LogP contribution in [0.4, 0.5) is 5.69 Å². The largest absolute Gasteiger partial charge is 0.311 e. The van der Waals surface area contributed by atoms with E-state index in [0.717, 1.165) is 10.9 Å². The molecule has 1 aromatic heterocycles. The van der Waals surface area contributed by atoms with Crippen LogP contribution in [0.2, 0.25) is 0 Å². The number of nitro benzene ring substituents is 1. The first-order valence-electron chi connectivity index (χ1n) is 5.98. The molecule has 3 aromatic rings. The fourth-order valence-corrected chi connectivity index (χ4v) is 2.29. The molecule has 1 heterocycles. The van der Waals surface area contributed by atoms with Crippen LogP contribution in [-0.2, 0) is 0 Å². The molecule has 0 amide bonds. The van der Waals surface area contributed by atoms with Gasteiger partial charge >= 0.3 is 0 Å². The lowest BCUT2D eigenvalue weighted by atomic mass is 10.2. The van der Waals surface area contributed by atoms with E-state index in [0.29, 0.717) is 5.69 Å². The highest BCUT2D eigenvalue weighted by atomic mass is 16.6. The summed E-state index contributed by atoms with van der Waals surface area (Å²) < 4.78 is 1.85. The van der Waals surface area contributed by atoms with Gasteiger partial charge in [-0.15, -0.1) is 0 Å². The Bertz CT molecular complexity index is 775. The average molecular weight is 252 g/mol. The smallest absolute Gasteiger partial charge is 0.293 e. The summed E-state index contributed by atoms with van der Waals surface area (Å²) in [6.07, 6.45) is 1.87. The summed E-state index contributed by atoms with van der Waals surface area (Å²) in [6.45, 7) is 2.03. The van der Waals surface area contributed by atoms with Crippen LogP contribution >= 0.6 is 0 Å². The number of aryl methyl sites for hydroxylation is 1. The summed E-state index contributed by atoms with van der Waals surface area (Å²) in [6, 6.07) is 14.8. The summed E-state index contributed by atoms with van der Waals surface area (Å²) in [7, 11) is 0. The molecule has 0 unspecified atom stereocenters. The predicted octanol–water partition coefficient (Wildman–Crippen LogP) is 3.85. The van der Waals surface area contributed by atoms with E-state index in [1.165, 1.54) is 11.6 Å². The second kappa shape index (κ2) is 4.24. The van der Waals surface area contributed by atoms with Gasteiger partial charge in [0, 0.05) is 17.6 Å². The molecule has 0 saturated carbocycles. The summed E-state index contributed by atoms with van der Waals surface area (Å²) in [5, 5.41) is 12.2. The number of aromatic nitrogens is 1. The van der Waals surface area contributed by atoms with E-state index in [1.54, 1.807) is 12.1 Å². The minimum absolute atomic E-state index is 0.112. The first-order valence-corrected chi connectivity index (χ1v) is 5.98. The number of rotatable bonds is 2. The van der Waals surface area contributed by atoms with Crippen molar-refractivity contribution in [1.29, 1.82) is 0 Å². The Morgan fingerprint density at radius 2 is 1.89 bits per heavy atom. The summed E-state index contributed by atoms with van der Waals surface area (Å²) >= 11 is 0. The third-order valence-corrected chi connectivity index (χ3v) is 3.18. The maximum Gasteiger partial charge on any atom is 0.293 e. The summed E-state index contributed by atoms with van der Waals surface area (Å²) in [5.74, 6) is 0. The van der Waals surface area contributed by atoms with Crippen molar-refractivity contribution >= 4 is 16.6 Å². The molecule has 0 bridgehead atoms. The second-order valence-corrected chi connectivity index (χ2v) is 4.49. The molecule has 0 aliphatic rings. The fraction of sp³-hybridized carbons (Fsp3) is 0.0667. The van der Waals surface area contributed by atoms with Gasteiger partial charge in [0.05, 0.1) is 10.4 Å². The van der Waals surface area contributed by atoms with Crippen molar-refractivity contribution in [1.82, 2.24) is 4.57 Å². The van der Waals surface area contributed by atoms with Crippen molar-refractivity contribution in [3.8, 4) is 5.69 Å². The zero-order chi connectivity index (χ0) is 13.4. The fourth-order valence-electron chi connectivity index (χ4n) is 2.29. The van der Waals surface area contributed by atoms with E-state index >= 15 is 0 Å². The molecule has 3 rings (SSSR count). The van der Waals surface area contributed by atoms with Gasteiger partial charge in [-0.05, 0) is 31.2 Å². The lowest BCUT2D eigenvalue weighted by molar-refractivity contribution is -0.384. The molecule has 2 aromatic carbocycles. The van der Waals surface area contributed by atoms with Crippen LogP contribution in [0.3, 0.4) is 0 Å². The Labute approximate surface area is 110 Å². The Balaban J connectivity index is 2.28. The Kier molecular flexibility index (Phi) is 2.56. The molecule has 0 N–H and O–H groups in total. The number of fused-ring (bicyclic) bond motifs is 1. The highest BCUT2D eigenvalue weighted by molar-refractivity contribution is 5.83. The van der Waals surface area contributed by atoms with Gasteiger partial charge in [0.15, 0.2) is 0 Å². The monoisotopic (exact) mass is 252 g/mol. The van der Waals surface area contributed by atoms with Crippen molar-refractivity contribution < 1.29 is 4.92 Å². The van der Waals surface area contributed by atoms with E-state index in [4.69, 9.17) is 0 Å². The molecule has 94 valence electrons. The maximum absolute atomic E-state index is 11.1. The minimum Gasteiger partial charge on any atom is -0.311 e. The van der Waals surface area contributed by atoms with E-state index in [1.807, 2.05) is 42.0 Å². The number of benzene rings is 2. The third kappa shape index (κ3) is 1.87. The summed E-state index contributed by atoms with van der Waals surface area (Å²) in [5.41, 5.74) is 2.85. The highest BCUT2D eigenvalue weighted by Crippen LogP contribution is 2.27. The molecule has 19 heavy (non-hydrogen) atoms. The quantitative estimate of drug-likeness (QED) is 0.513. The molecule has 0 saturated heterocycles. The normalized spacial score (nSPS) is 10.8. The first kappa shape index (κ1) is 11.5. The third-order valence-electron chi connectivity index (χ3n) is 3.18. The Morgan fingerprint density at radius 3 is 2.68 bits per heavy atom. The number of hydrogen-bond donors (Lipinski definition) is 0. The van der Waals surface area contributed by atoms with Gasteiger partial charge in [-0.25, -0.2) is 0 Å². The van der Waals surface area contributed by atoms with Gasteiger partial charge in [0.1, 0.15) is 5.69 Å². The molecule has 4 nitrogen and oxygen atoms in total. The highest BCUT2D eigenvalue weighted by Gasteiger charge is 2.15. The van der Waals surface area contributed by atoms with Crippen molar-refractivity contribution in [3.63, 3.8) is 0 Å². The van der Waals surface area contributed by atoms with Crippen molar-refractivity contribution in [2.75, 3.05) is 0 Å². The number of para-hydroxylation sites is 2.